The fourth-order valence-corrected chi connectivity index (χ4v) is 2.37. The predicted octanol–water partition coefficient (Wildman–Crippen LogP) is 2.45. The Morgan fingerprint density at radius 1 is 1.28 bits per heavy atom. The number of benzene rings is 1. The lowest BCUT2D eigenvalue weighted by Gasteiger charge is -2.18. The van der Waals surface area contributed by atoms with Crippen LogP contribution in [0, 0.1) is 5.82 Å². The van der Waals surface area contributed by atoms with Crippen LogP contribution < -0.4 is 5.73 Å². The van der Waals surface area contributed by atoms with E-state index < -0.39 is 0 Å². The van der Waals surface area contributed by atoms with Crippen molar-refractivity contribution < 1.29 is 4.39 Å². The number of fused-ring (bicyclic) bond motifs is 1. The van der Waals surface area contributed by atoms with Crippen LogP contribution in [0.4, 0.5) is 4.39 Å². The summed E-state index contributed by atoms with van der Waals surface area (Å²) in [5.74, 6) is -0.227. The number of hydrogen-bond acceptors (Lipinski definition) is 2. The van der Waals surface area contributed by atoms with E-state index in [2.05, 4.69) is 10.2 Å². The number of aromatic amines is 1. The smallest absolute Gasteiger partial charge is 0.123 e. The molecule has 0 spiro atoms. The van der Waals surface area contributed by atoms with Crippen LogP contribution in [0.25, 0.3) is 11.3 Å². The number of nitrogens with one attached hydrogen (secondary N) is 1. The second-order valence-electron chi connectivity index (χ2n) is 4.54. The van der Waals surface area contributed by atoms with Crippen molar-refractivity contribution in [1.82, 2.24) is 10.2 Å². The van der Waals surface area contributed by atoms with Crippen molar-refractivity contribution in [2.24, 2.45) is 5.73 Å². The van der Waals surface area contributed by atoms with Gasteiger partial charge in [-0.2, -0.15) is 5.10 Å². The van der Waals surface area contributed by atoms with Crippen LogP contribution in [0.2, 0.25) is 0 Å². The number of rotatable bonds is 1. The molecule has 0 radical (unpaired) electrons. The molecular formula is C13H15ClFN3. The van der Waals surface area contributed by atoms with Gasteiger partial charge in [0.1, 0.15) is 5.82 Å². The van der Waals surface area contributed by atoms with Crippen LogP contribution in [0.1, 0.15) is 17.7 Å². The van der Waals surface area contributed by atoms with E-state index in [1.165, 1.54) is 23.4 Å². The molecule has 5 heteroatoms. The van der Waals surface area contributed by atoms with E-state index >= 15 is 0 Å². The van der Waals surface area contributed by atoms with Crippen LogP contribution in [0.5, 0.6) is 0 Å². The van der Waals surface area contributed by atoms with E-state index in [-0.39, 0.29) is 24.3 Å². The first kappa shape index (κ1) is 13.1. The summed E-state index contributed by atoms with van der Waals surface area (Å²) in [5, 5.41) is 7.39. The minimum Gasteiger partial charge on any atom is -0.327 e. The highest BCUT2D eigenvalue weighted by molar-refractivity contribution is 5.85. The Hall–Kier alpha value is -1.39. The van der Waals surface area contributed by atoms with Crippen molar-refractivity contribution in [2.45, 2.75) is 25.3 Å². The molecule has 1 atom stereocenters. The fourth-order valence-electron chi connectivity index (χ4n) is 2.37. The zero-order valence-electron chi connectivity index (χ0n) is 9.82. The second kappa shape index (κ2) is 5.08. The van der Waals surface area contributed by atoms with Gasteiger partial charge in [0.2, 0.25) is 0 Å². The van der Waals surface area contributed by atoms with E-state index in [4.69, 9.17) is 5.73 Å². The van der Waals surface area contributed by atoms with Gasteiger partial charge in [-0.1, -0.05) is 0 Å². The molecule has 1 aromatic heterocycles. The highest BCUT2D eigenvalue weighted by Gasteiger charge is 2.21. The molecule has 0 saturated heterocycles. The molecule has 1 aromatic carbocycles. The lowest BCUT2D eigenvalue weighted by Crippen LogP contribution is -2.27. The van der Waals surface area contributed by atoms with Gasteiger partial charge in [-0.25, -0.2) is 4.39 Å². The molecule has 0 saturated carbocycles. The minimum absolute atomic E-state index is 0. The molecule has 3 N–H and O–H groups in total. The van der Waals surface area contributed by atoms with Gasteiger partial charge in [0, 0.05) is 22.9 Å². The van der Waals surface area contributed by atoms with Gasteiger partial charge in [0.15, 0.2) is 0 Å². The number of nitrogens with two attached hydrogens (primary N) is 1. The first-order valence-corrected chi connectivity index (χ1v) is 5.81. The lowest BCUT2D eigenvalue weighted by molar-refractivity contribution is 0.572. The average molecular weight is 268 g/mol. The standard InChI is InChI=1S/C13H14FN3.ClH/c14-9-3-1-8(2-4-9)13-11-7-10(15)5-6-12(11)16-17-13;/h1-4,10H,5-7,15H2,(H,16,17);1H. The van der Waals surface area contributed by atoms with Gasteiger partial charge in [-0.3, -0.25) is 5.10 Å². The highest BCUT2D eigenvalue weighted by atomic mass is 35.5. The van der Waals surface area contributed by atoms with Crippen LogP contribution in [-0.2, 0) is 12.8 Å². The SMILES string of the molecule is Cl.NC1CCc2[nH]nc(-c3ccc(F)cc3)c2C1. The molecule has 1 aliphatic carbocycles. The molecule has 18 heavy (non-hydrogen) atoms. The van der Waals surface area contributed by atoms with Gasteiger partial charge >= 0.3 is 0 Å². The highest BCUT2D eigenvalue weighted by Crippen LogP contribution is 2.29. The van der Waals surface area contributed by atoms with Crippen LogP contribution in [-0.4, -0.2) is 16.2 Å². The number of nitrogens with zero attached hydrogens (tertiary/aromatic N) is 1. The Kier molecular flexibility index (Phi) is 3.68. The van der Waals surface area contributed by atoms with Gasteiger partial charge in [0.05, 0.1) is 5.69 Å². The third kappa shape index (κ3) is 2.26. The van der Waals surface area contributed by atoms with Crippen molar-refractivity contribution in [3.05, 3.63) is 41.3 Å². The summed E-state index contributed by atoms with van der Waals surface area (Å²) in [6.07, 6.45) is 2.79. The number of aryl methyl sites for hydroxylation is 1. The molecule has 0 bridgehead atoms. The van der Waals surface area contributed by atoms with E-state index in [9.17, 15) is 4.39 Å². The lowest BCUT2D eigenvalue weighted by atomic mass is 9.90. The average Bonchev–Trinajstić information content (AvgIpc) is 2.73. The fraction of sp³-hybridized carbons (Fsp3) is 0.308. The van der Waals surface area contributed by atoms with Crippen LogP contribution in [0.15, 0.2) is 24.3 Å². The Labute approximate surface area is 111 Å². The third-order valence-corrected chi connectivity index (χ3v) is 3.30. The van der Waals surface area contributed by atoms with Gasteiger partial charge < -0.3 is 5.73 Å². The Bertz CT molecular complexity index is 536. The maximum Gasteiger partial charge on any atom is 0.123 e. The molecule has 3 nitrogen and oxygen atoms in total. The largest absolute Gasteiger partial charge is 0.327 e. The van der Waals surface area contributed by atoms with E-state index in [0.29, 0.717) is 0 Å². The first-order chi connectivity index (χ1) is 8.24. The quantitative estimate of drug-likeness (QED) is 0.834. The molecule has 0 fully saturated rings. The van der Waals surface area contributed by atoms with Crippen molar-refractivity contribution in [3.8, 4) is 11.3 Å². The summed E-state index contributed by atoms with van der Waals surface area (Å²) >= 11 is 0. The topological polar surface area (TPSA) is 54.7 Å². The Morgan fingerprint density at radius 2 is 2.00 bits per heavy atom. The molecule has 96 valence electrons. The zero-order valence-corrected chi connectivity index (χ0v) is 10.6. The molecular weight excluding hydrogens is 253 g/mol. The zero-order chi connectivity index (χ0) is 11.8. The van der Waals surface area contributed by atoms with Crippen molar-refractivity contribution in [1.29, 1.82) is 0 Å². The van der Waals surface area contributed by atoms with Gasteiger partial charge in [-0.15, -0.1) is 12.4 Å². The van der Waals surface area contributed by atoms with Crippen molar-refractivity contribution in [2.75, 3.05) is 0 Å². The third-order valence-electron chi connectivity index (χ3n) is 3.30. The minimum atomic E-state index is -0.227. The Morgan fingerprint density at radius 3 is 2.72 bits per heavy atom. The second-order valence-corrected chi connectivity index (χ2v) is 4.54. The normalized spacial score (nSPS) is 18.0. The summed E-state index contributed by atoms with van der Waals surface area (Å²) in [4.78, 5) is 0. The molecule has 1 aliphatic rings. The molecule has 0 amide bonds. The summed E-state index contributed by atoms with van der Waals surface area (Å²) in [6, 6.07) is 6.63. The maximum atomic E-state index is 12.9. The van der Waals surface area contributed by atoms with Crippen LogP contribution >= 0.6 is 12.4 Å². The molecule has 1 unspecified atom stereocenters. The van der Waals surface area contributed by atoms with E-state index in [1.54, 1.807) is 12.1 Å². The molecule has 1 heterocycles. The van der Waals surface area contributed by atoms with Gasteiger partial charge in [0.25, 0.3) is 0 Å². The monoisotopic (exact) mass is 267 g/mol. The molecule has 0 aliphatic heterocycles. The molecule has 2 aromatic rings. The maximum absolute atomic E-state index is 12.9. The van der Waals surface area contributed by atoms with E-state index in [0.717, 1.165) is 30.5 Å². The number of hydrogen-bond donors (Lipinski definition) is 2. The van der Waals surface area contributed by atoms with E-state index in [1.807, 2.05) is 0 Å². The summed E-state index contributed by atoms with van der Waals surface area (Å²) in [7, 11) is 0. The first-order valence-electron chi connectivity index (χ1n) is 5.81. The molecule has 3 rings (SSSR count). The number of halogens is 2. The summed E-state index contributed by atoms with van der Waals surface area (Å²) in [6.45, 7) is 0. The van der Waals surface area contributed by atoms with Crippen molar-refractivity contribution >= 4 is 12.4 Å². The summed E-state index contributed by atoms with van der Waals surface area (Å²) < 4.78 is 12.9. The summed E-state index contributed by atoms with van der Waals surface area (Å²) in [5.41, 5.74) is 10.2. The van der Waals surface area contributed by atoms with Gasteiger partial charge in [-0.05, 0) is 43.5 Å². The number of H-pyrrole nitrogens is 1. The van der Waals surface area contributed by atoms with Crippen molar-refractivity contribution in [3.63, 3.8) is 0 Å². The Balaban J connectivity index is 0.00000120. The number of aromatic nitrogens is 2. The van der Waals surface area contributed by atoms with Crippen LogP contribution in [0.3, 0.4) is 0 Å². The predicted molar refractivity (Wildman–Crippen MR) is 71.2 cm³/mol.